The quantitative estimate of drug-likeness (QED) is 0.802. The summed E-state index contributed by atoms with van der Waals surface area (Å²) in [5.74, 6) is -1.37. The molecular weight excluding hydrogens is 250 g/mol. The largest absolute Gasteiger partial charge is 0.548 e. The van der Waals surface area contributed by atoms with Crippen molar-refractivity contribution in [2.45, 2.75) is 38.8 Å². The molecule has 0 aromatic carbocycles. The second-order valence-electron chi connectivity index (χ2n) is 5.22. The van der Waals surface area contributed by atoms with Gasteiger partial charge >= 0.3 is 6.09 Å². The topological polar surface area (TPSA) is 96.3 Å². The summed E-state index contributed by atoms with van der Waals surface area (Å²) in [7, 11) is 1.74. The van der Waals surface area contributed by atoms with Gasteiger partial charge in [-0.25, -0.2) is 9.78 Å². The Hall–Kier alpha value is -2.05. The van der Waals surface area contributed by atoms with Gasteiger partial charge < -0.3 is 24.5 Å². The molecule has 1 atom stereocenters. The molecular formula is C12H18N3O4-. The molecule has 0 fully saturated rings. The fourth-order valence-corrected chi connectivity index (χ4v) is 1.43. The standard InChI is InChI=1S/C12H19N3O4/c1-12(2,3)19-11(18)14-9(10(16)17)5-8-6-13-7-15(8)4/h6-7,9H,5H2,1-4H3,(H,14,18)(H,16,17)/p-1/t9-/m0/s1. The zero-order valence-corrected chi connectivity index (χ0v) is 11.5. The minimum absolute atomic E-state index is 0.0814. The van der Waals surface area contributed by atoms with Crippen LogP contribution in [0.2, 0.25) is 0 Å². The molecule has 0 unspecified atom stereocenters. The van der Waals surface area contributed by atoms with Crippen LogP contribution in [0.1, 0.15) is 26.5 Å². The van der Waals surface area contributed by atoms with Gasteiger partial charge in [-0.15, -0.1) is 0 Å². The van der Waals surface area contributed by atoms with Crippen molar-refractivity contribution in [2.75, 3.05) is 0 Å². The van der Waals surface area contributed by atoms with Crippen molar-refractivity contribution in [1.82, 2.24) is 14.9 Å². The molecule has 1 aromatic rings. The molecule has 0 saturated heterocycles. The van der Waals surface area contributed by atoms with E-state index in [9.17, 15) is 14.7 Å². The maximum Gasteiger partial charge on any atom is 0.408 e. The predicted molar refractivity (Wildman–Crippen MR) is 65.1 cm³/mol. The first-order chi connectivity index (χ1) is 8.69. The summed E-state index contributed by atoms with van der Waals surface area (Å²) in [6.07, 6.45) is 2.38. The zero-order valence-electron chi connectivity index (χ0n) is 11.5. The van der Waals surface area contributed by atoms with Crippen molar-refractivity contribution in [3.05, 3.63) is 18.2 Å². The van der Waals surface area contributed by atoms with E-state index in [0.29, 0.717) is 5.69 Å². The summed E-state index contributed by atoms with van der Waals surface area (Å²) in [6, 6.07) is -1.16. The number of aromatic nitrogens is 2. The van der Waals surface area contributed by atoms with E-state index in [1.807, 2.05) is 0 Å². The van der Waals surface area contributed by atoms with Crippen LogP contribution in [0.3, 0.4) is 0 Å². The van der Waals surface area contributed by atoms with E-state index in [2.05, 4.69) is 10.3 Å². The number of imidazole rings is 1. The SMILES string of the molecule is Cn1cncc1C[C@H](NC(=O)OC(C)(C)C)C(=O)[O-]. The molecule has 106 valence electrons. The molecule has 19 heavy (non-hydrogen) atoms. The number of aliphatic carboxylic acids is 1. The van der Waals surface area contributed by atoms with Crippen LogP contribution in [0.5, 0.6) is 0 Å². The number of rotatable bonds is 4. The number of carbonyl (C=O) groups is 2. The lowest BCUT2D eigenvalue weighted by Gasteiger charge is -2.24. The summed E-state index contributed by atoms with van der Waals surface area (Å²) >= 11 is 0. The fraction of sp³-hybridized carbons (Fsp3) is 0.583. The number of aryl methyl sites for hydroxylation is 1. The Balaban J connectivity index is 2.67. The maximum atomic E-state index is 11.5. The van der Waals surface area contributed by atoms with Crippen molar-refractivity contribution in [3.63, 3.8) is 0 Å². The molecule has 0 aliphatic carbocycles. The third kappa shape index (κ3) is 4.99. The number of carboxylic acids is 1. The van der Waals surface area contributed by atoms with Crippen LogP contribution in [0, 0.1) is 0 Å². The number of nitrogens with one attached hydrogen (secondary N) is 1. The third-order valence-corrected chi connectivity index (χ3v) is 2.31. The van der Waals surface area contributed by atoms with Gasteiger partial charge in [0.2, 0.25) is 0 Å². The molecule has 0 radical (unpaired) electrons. The van der Waals surface area contributed by atoms with Gasteiger partial charge in [0.15, 0.2) is 0 Å². The number of carboxylic acid groups (broad SMARTS) is 1. The molecule has 0 spiro atoms. The molecule has 1 aromatic heterocycles. The van der Waals surface area contributed by atoms with Crippen molar-refractivity contribution >= 4 is 12.1 Å². The van der Waals surface area contributed by atoms with Gasteiger partial charge in [-0.3, -0.25) is 0 Å². The summed E-state index contributed by atoms with van der Waals surface area (Å²) in [6.45, 7) is 5.09. The first kappa shape index (κ1) is 15.0. The smallest absolute Gasteiger partial charge is 0.408 e. The summed E-state index contributed by atoms with van der Waals surface area (Å²) in [5, 5.41) is 13.3. The number of alkyl carbamates (subject to hydrolysis) is 1. The minimum Gasteiger partial charge on any atom is -0.548 e. The molecule has 1 rings (SSSR count). The Kier molecular flexibility index (Phi) is 4.52. The summed E-state index contributed by atoms with van der Waals surface area (Å²) in [4.78, 5) is 26.4. The molecule has 0 saturated carbocycles. The fourth-order valence-electron chi connectivity index (χ4n) is 1.43. The summed E-state index contributed by atoms with van der Waals surface area (Å²) in [5.41, 5.74) is -0.0159. The van der Waals surface area contributed by atoms with E-state index in [0.717, 1.165) is 0 Å². The number of hydrogen-bond acceptors (Lipinski definition) is 5. The van der Waals surface area contributed by atoms with Gasteiger partial charge in [-0.2, -0.15) is 0 Å². The van der Waals surface area contributed by atoms with E-state index >= 15 is 0 Å². The van der Waals surface area contributed by atoms with E-state index in [-0.39, 0.29) is 6.42 Å². The van der Waals surface area contributed by atoms with Gasteiger partial charge in [-0.05, 0) is 20.8 Å². The van der Waals surface area contributed by atoms with Gasteiger partial charge in [0, 0.05) is 25.4 Å². The minimum atomic E-state index is -1.37. The number of amides is 1. The highest BCUT2D eigenvalue weighted by Gasteiger charge is 2.21. The average Bonchev–Trinajstić information content (AvgIpc) is 2.60. The average molecular weight is 268 g/mol. The maximum absolute atomic E-state index is 11.5. The van der Waals surface area contributed by atoms with Crippen LogP contribution in [-0.4, -0.2) is 33.3 Å². The molecule has 0 aliphatic heterocycles. The number of ether oxygens (including phenoxy) is 1. The van der Waals surface area contributed by atoms with Crippen molar-refractivity contribution < 1.29 is 19.4 Å². The summed E-state index contributed by atoms with van der Waals surface area (Å²) < 4.78 is 6.68. The lowest BCUT2D eigenvalue weighted by molar-refractivity contribution is -0.308. The molecule has 1 N–H and O–H groups in total. The van der Waals surface area contributed by atoms with Crippen LogP contribution >= 0.6 is 0 Å². The Bertz CT molecular complexity index is 462. The highest BCUT2D eigenvalue weighted by molar-refractivity contribution is 5.78. The van der Waals surface area contributed by atoms with Crippen molar-refractivity contribution in [3.8, 4) is 0 Å². The third-order valence-electron chi connectivity index (χ3n) is 2.31. The highest BCUT2D eigenvalue weighted by Crippen LogP contribution is 2.08. The lowest BCUT2D eigenvalue weighted by atomic mass is 10.1. The monoisotopic (exact) mass is 268 g/mol. The molecule has 1 heterocycles. The van der Waals surface area contributed by atoms with Crippen LogP contribution in [0.15, 0.2) is 12.5 Å². The van der Waals surface area contributed by atoms with Crippen molar-refractivity contribution in [1.29, 1.82) is 0 Å². The van der Waals surface area contributed by atoms with Gasteiger partial charge in [0.25, 0.3) is 0 Å². The van der Waals surface area contributed by atoms with Crippen LogP contribution in [-0.2, 0) is 23.0 Å². The highest BCUT2D eigenvalue weighted by atomic mass is 16.6. The van der Waals surface area contributed by atoms with E-state index < -0.39 is 23.7 Å². The Labute approximate surface area is 111 Å². The zero-order chi connectivity index (χ0) is 14.6. The van der Waals surface area contributed by atoms with Gasteiger partial charge in [0.05, 0.1) is 18.3 Å². The van der Waals surface area contributed by atoms with Crippen molar-refractivity contribution in [2.24, 2.45) is 7.05 Å². The van der Waals surface area contributed by atoms with Gasteiger partial charge in [-0.1, -0.05) is 0 Å². The van der Waals surface area contributed by atoms with E-state index in [4.69, 9.17) is 4.74 Å². The Morgan fingerprint density at radius 3 is 2.58 bits per heavy atom. The first-order valence-electron chi connectivity index (χ1n) is 5.84. The van der Waals surface area contributed by atoms with Gasteiger partial charge in [0.1, 0.15) is 5.60 Å². The second kappa shape index (κ2) is 5.73. The molecule has 0 bridgehead atoms. The van der Waals surface area contributed by atoms with E-state index in [1.54, 1.807) is 38.7 Å². The Morgan fingerprint density at radius 2 is 2.16 bits per heavy atom. The first-order valence-corrected chi connectivity index (χ1v) is 5.84. The molecule has 0 aliphatic rings. The number of hydrogen-bond donors (Lipinski definition) is 1. The predicted octanol–water partition coefficient (Wildman–Crippen LogP) is -0.394. The number of carbonyl (C=O) groups excluding carboxylic acids is 2. The molecule has 1 amide bonds. The van der Waals surface area contributed by atoms with Crippen LogP contribution in [0.25, 0.3) is 0 Å². The second-order valence-corrected chi connectivity index (χ2v) is 5.22. The molecule has 7 nitrogen and oxygen atoms in total. The normalized spacial score (nSPS) is 12.8. The number of nitrogens with zero attached hydrogens (tertiary/aromatic N) is 2. The van der Waals surface area contributed by atoms with Crippen LogP contribution < -0.4 is 10.4 Å². The Morgan fingerprint density at radius 1 is 1.53 bits per heavy atom. The van der Waals surface area contributed by atoms with Crippen LogP contribution in [0.4, 0.5) is 4.79 Å². The molecule has 7 heteroatoms. The van der Waals surface area contributed by atoms with E-state index in [1.165, 1.54) is 6.20 Å². The lowest BCUT2D eigenvalue weighted by Crippen LogP contribution is -2.50.